The SMILES string of the molecule is CC(O)c1cc2c(cc1Cl)C(C)(C)CCC2(C)C. The largest absolute Gasteiger partial charge is 0.389 e. The van der Waals surface area contributed by atoms with Gasteiger partial charge in [-0.2, -0.15) is 0 Å². The van der Waals surface area contributed by atoms with E-state index >= 15 is 0 Å². The standard InChI is InChI=1S/C16H23ClO/c1-10(18)11-8-12-13(9-14(11)17)16(4,5)7-6-15(12,2)3/h8-10,18H,6-7H2,1-5H3. The van der Waals surface area contributed by atoms with Crippen molar-refractivity contribution in [3.05, 3.63) is 33.8 Å². The molecule has 100 valence electrons. The topological polar surface area (TPSA) is 20.2 Å². The molecule has 0 amide bonds. The maximum Gasteiger partial charge on any atom is 0.0776 e. The molecule has 0 aliphatic heterocycles. The summed E-state index contributed by atoms with van der Waals surface area (Å²) in [4.78, 5) is 0. The zero-order valence-electron chi connectivity index (χ0n) is 12.0. The van der Waals surface area contributed by atoms with Gasteiger partial charge in [0.2, 0.25) is 0 Å². The molecule has 1 aromatic carbocycles. The fourth-order valence-corrected chi connectivity index (χ4v) is 3.25. The summed E-state index contributed by atoms with van der Waals surface area (Å²) >= 11 is 6.32. The van der Waals surface area contributed by atoms with Crippen molar-refractivity contribution in [2.24, 2.45) is 0 Å². The van der Waals surface area contributed by atoms with Crippen LogP contribution in [0.2, 0.25) is 5.02 Å². The molecule has 1 aromatic rings. The number of aliphatic hydroxyl groups excluding tert-OH is 1. The van der Waals surface area contributed by atoms with Crippen molar-refractivity contribution < 1.29 is 5.11 Å². The molecule has 1 N–H and O–H groups in total. The minimum absolute atomic E-state index is 0.166. The second-order valence-electron chi connectivity index (χ2n) is 6.86. The Labute approximate surface area is 115 Å². The van der Waals surface area contributed by atoms with Gasteiger partial charge >= 0.3 is 0 Å². The lowest BCUT2D eigenvalue weighted by Crippen LogP contribution is -2.34. The highest BCUT2D eigenvalue weighted by Crippen LogP contribution is 2.47. The molecule has 0 fully saturated rings. The third-order valence-corrected chi connectivity index (χ3v) is 4.75. The lowest BCUT2D eigenvalue weighted by molar-refractivity contribution is 0.198. The predicted octanol–water partition coefficient (Wildman–Crippen LogP) is 4.74. The lowest BCUT2D eigenvalue weighted by Gasteiger charge is -2.42. The minimum Gasteiger partial charge on any atom is -0.389 e. The number of rotatable bonds is 1. The van der Waals surface area contributed by atoms with Gasteiger partial charge in [0.15, 0.2) is 0 Å². The highest BCUT2D eigenvalue weighted by molar-refractivity contribution is 6.31. The van der Waals surface area contributed by atoms with Crippen LogP contribution in [0.3, 0.4) is 0 Å². The van der Waals surface area contributed by atoms with Gasteiger partial charge in [0, 0.05) is 5.02 Å². The van der Waals surface area contributed by atoms with Crippen molar-refractivity contribution >= 4 is 11.6 Å². The van der Waals surface area contributed by atoms with E-state index in [4.69, 9.17) is 11.6 Å². The van der Waals surface area contributed by atoms with E-state index in [1.54, 1.807) is 6.92 Å². The van der Waals surface area contributed by atoms with Crippen molar-refractivity contribution in [3.8, 4) is 0 Å². The first-order chi connectivity index (χ1) is 8.15. The molecule has 1 nitrogen and oxygen atoms in total. The first kappa shape index (κ1) is 13.9. The van der Waals surface area contributed by atoms with Crippen LogP contribution in [-0.4, -0.2) is 5.11 Å². The summed E-state index contributed by atoms with van der Waals surface area (Å²) in [5.41, 5.74) is 3.87. The second-order valence-corrected chi connectivity index (χ2v) is 7.27. The maximum atomic E-state index is 9.82. The molecule has 18 heavy (non-hydrogen) atoms. The van der Waals surface area contributed by atoms with Crippen LogP contribution in [0.4, 0.5) is 0 Å². The summed E-state index contributed by atoms with van der Waals surface area (Å²) in [5.74, 6) is 0. The smallest absolute Gasteiger partial charge is 0.0776 e. The average molecular weight is 267 g/mol. The summed E-state index contributed by atoms with van der Waals surface area (Å²) in [6.07, 6.45) is 1.84. The molecule has 1 aliphatic carbocycles. The highest BCUT2D eigenvalue weighted by Gasteiger charge is 2.37. The molecule has 0 heterocycles. The molecule has 0 saturated heterocycles. The Hall–Kier alpha value is -0.530. The van der Waals surface area contributed by atoms with Crippen LogP contribution in [0.1, 0.15) is 70.3 Å². The van der Waals surface area contributed by atoms with Gasteiger partial charge in [0.25, 0.3) is 0 Å². The molecule has 0 saturated carbocycles. The molecule has 1 unspecified atom stereocenters. The Morgan fingerprint density at radius 1 is 1.06 bits per heavy atom. The molecule has 0 bridgehead atoms. The van der Waals surface area contributed by atoms with Gasteiger partial charge in [-0.3, -0.25) is 0 Å². The number of benzene rings is 1. The van der Waals surface area contributed by atoms with Crippen molar-refractivity contribution in [1.82, 2.24) is 0 Å². The minimum atomic E-state index is -0.511. The normalized spacial score (nSPS) is 22.4. The maximum absolute atomic E-state index is 9.82. The highest BCUT2D eigenvalue weighted by atomic mass is 35.5. The van der Waals surface area contributed by atoms with Gasteiger partial charge in [-0.15, -0.1) is 0 Å². The van der Waals surface area contributed by atoms with Gasteiger partial charge in [0.1, 0.15) is 0 Å². The monoisotopic (exact) mass is 266 g/mol. The fraction of sp³-hybridized carbons (Fsp3) is 0.625. The summed E-state index contributed by atoms with van der Waals surface area (Å²) in [6.45, 7) is 10.9. The molecule has 2 heteroatoms. The Morgan fingerprint density at radius 3 is 1.94 bits per heavy atom. The van der Waals surface area contributed by atoms with E-state index in [1.807, 2.05) is 0 Å². The number of halogens is 1. The van der Waals surface area contributed by atoms with Crippen LogP contribution in [0.5, 0.6) is 0 Å². The zero-order chi connectivity index (χ0) is 13.7. The first-order valence-electron chi connectivity index (χ1n) is 6.68. The number of hydrogen-bond donors (Lipinski definition) is 1. The average Bonchev–Trinajstić information content (AvgIpc) is 2.24. The lowest BCUT2D eigenvalue weighted by atomic mass is 9.63. The summed E-state index contributed by atoms with van der Waals surface area (Å²) in [7, 11) is 0. The number of hydrogen-bond acceptors (Lipinski definition) is 1. The van der Waals surface area contributed by atoms with Crippen LogP contribution in [0.25, 0.3) is 0 Å². The van der Waals surface area contributed by atoms with E-state index in [-0.39, 0.29) is 10.8 Å². The quantitative estimate of drug-likeness (QED) is 0.778. The van der Waals surface area contributed by atoms with Crippen molar-refractivity contribution in [2.45, 2.75) is 64.4 Å². The van der Waals surface area contributed by atoms with Gasteiger partial charge in [-0.05, 0) is 53.4 Å². The predicted molar refractivity (Wildman–Crippen MR) is 77.4 cm³/mol. The number of aliphatic hydroxyl groups is 1. The van der Waals surface area contributed by atoms with E-state index in [1.165, 1.54) is 24.0 Å². The third-order valence-electron chi connectivity index (χ3n) is 4.42. The molecule has 2 rings (SSSR count). The van der Waals surface area contributed by atoms with E-state index in [2.05, 4.69) is 39.8 Å². The molecule has 1 atom stereocenters. The van der Waals surface area contributed by atoms with Crippen LogP contribution >= 0.6 is 11.6 Å². The van der Waals surface area contributed by atoms with E-state index in [0.717, 1.165) is 5.56 Å². The van der Waals surface area contributed by atoms with Crippen molar-refractivity contribution in [3.63, 3.8) is 0 Å². The Morgan fingerprint density at radius 2 is 1.50 bits per heavy atom. The van der Waals surface area contributed by atoms with Crippen LogP contribution in [0, 0.1) is 0 Å². The molecular weight excluding hydrogens is 244 g/mol. The second kappa shape index (κ2) is 4.25. The van der Waals surface area contributed by atoms with Crippen molar-refractivity contribution in [2.75, 3.05) is 0 Å². The summed E-state index contributed by atoms with van der Waals surface area (Å²) in [5, 5.41) is 10.5. The van der Waals surface area contributed by atoms with E-state index in [9.17, 15) is 5.11 Å². The zero-order valence-corrected chi connectivity index (χ0v) is 12.7. The molecule has 1 aliphatic rings. The Balaban J connectivity index is 2.69. The van der Waals surface area contributed by atoms with Gasteiger partial charge in [-0.1, -0.05) is 45.4 Å². The number of fused-ring (bicyclic) bond motifs is 1. The third kappa shape index (κ3) is 2.19. The van der Waals surface area contributed by atoms with Crippen LogP contribution < -0.4 is 0 Å². The van der Waals surface area contributed by atoms with E-state index in [0.29, 0.717) is 5.02 Å². The van der Waals surface area contributed by atoms with Crippen molar-refractivity contribution in [1.29, 1.82) is 0 Å². The van der Waals surface area contributed by atoms with Crippen LogP contribution in [0.15, 0.2) is 12.1 Å². The Bertz CT molecular complexity index is 472. The molecule has 0 spiro atoms. The Kier molecular flexibility index (Phi) is 3.28. The fourth-order valence-electron chi connectivity index (χ4n) is 2.92. The summed E-state index contributed by atoms with van der Waals surface area (Å²) in [6, 6.07) is 4.18. The van der Waals surface area contributed by atoms with E-state index < -0.39 is 6.10 Å². The summed E-state index contributed by atoms with van der Waals surface area (Å²) < 4.78 is 0. The van der Waals surface area contributed by atoms with Gasteiger partial charge in [-0.25, -0.2) is 0 Å². The van der Waals surface area contributed by atoms with Crippen LogP contribution in [-0.2, 0) is 10.8 Å². The molecular formula is C16H23ClO. The van der Waals surface area contributed by atoms with Gasteiger partial charge in [0.05, 0.1) is 6.10 Å². The molecule has 0 radical (unpaired) electrons. The molecule has 0 aromatic heterocycles. The van der Waals surface area contributed by atoms with Gasteiger partial charge < -0.3 is 5.11 Å². The first-order valence-corrected chi connectivity index (χ1v) is 7.05.